The predicted molar refractivity (Wildman–Crippen MR) is 91.5 cm³/mol. The first-order valence-electron chi connectivity index (χ1n) is 8.15. The van der Waals surface area contributed by atoms with Crippen LogP contribution in [0.3, 0.4) is 0 Å². The summed E-state index contributed by atoms with van der Waals surface area (Å²) in [6, 6.07) is 9.64. The van der Waals surface area contributed by atoms with Crippen molar-refractivity contribution in [2.45, 2.75) is 12.8 Å². The van der Waals surface area contributed by atoms with E-state index in [4.69, 9.17) is 0 Å². The second-order valence-electron chi connectivity index (χ2n) is 6.16. The Hall–Kier alpha value is -2.67. The molecule has 3 aromatic rings. The Kier molecular flexibility index (Phi) is 3.78. The first-order valence-corrected chi connectivity index (χ1v) is 8.15. The maximum atomic E-state index is 12.4. The lowest BCUT2D eigenvalue weighted by Gasteiger charge is -2.32. The van der Waals surface area contributed by atoms with Gasteiger partial charge in [0.2, 0.25) is 5.95 Å². The molecule has 7 nitrogen and oxygen atoms in total. The Labute approximate surface area is 138 Å². The number of H-pyrrole nitrogens is 1. The van der Waals surface area contributed by atoms with Crippen molar-refractivity contribution >= 4 is 17.0 Å². The van der Waals surface area contributed by atoms with Crippen LogP contribution in [0.1, 0.15) is 12.8 Å². The molecule has 0 unspecified atom stereocenters. The number of aromatic amines is 1. The monoisotopic (exact) mass is 325 g/mol. The number of hydrogen-bond donors (Lipinski definition) is 2. The summed E-state index contributed by atoms with van der Waals surface area (Å²) in [6.07, 6.45) is 3.52. The van der Waals surface area contributed by atoms with Crippen LogP contribution in [0.25, 0.3) is 16.7 Å². The van der Waals surface area contributed by atoms with Gasteiger partial charge in [0.25, 0.3) is 5.56 Å². The van der Waals surface area contributed by atoms with Crippen LogP contribution in [0.2, 0.25) is 0 Å². The second-order valence-corrected chi connectivity index (χ2v) is 6.16. The van der Waals surface area contributed by atoms with Crippen LogP contribution in [0, 0.1) is 5.92 Å². The molecule has 1 fully saturated rings. The van der Waals surface area contributed by atoms with E-state index in [-0.39, 0.29) is 18.1 Å². The highest BCUT2D eigenvalue weighted by molar-refractivity contribution is 5.76. The largest absolute Gasteiger partial charge is 0.396 e. The molecule has 124 valence electrons. The van der Waals surface area contributed by atoms with Gasteiger partial charge in [0.1, 0.15) is 5.39 Å². The molecule has 1 atom stereocenters. The van der Waals surface area contributed by atoms with Gasteiger partial charge >= 0.3 is 0 Å². The van der Waals surface area contributed by atoms with E-state index in [1.54, 1.807) is 10.9 Å². The van der Waals surface area contributed by atoms with Gasteiger partial charge in [0, 0.05) is 19.7 Å². The molecule has 1 aromatic carbocycles. The Balaban J connectivity index is 1.80. The number of piperidine rings is 1. The molecule has 2 aromatic heterocycles. The van der Waals surface area contributed by atoms with E-state index in [1.807, 2.05) is 35.2 Å². The SMILES string of the molecule is O=c1[nH]c(N2CCC[C@H](CO)C2)nc2c1cnn2-c1ccccc1. The van der Waals surface area contributed by atoms with Crippen molar-refractivity contribution in [2.75, 3.05) is 24.6 Å². The van der Waals surface area contributed by atoms with Crippen molar-refractivity contribution in [3.8, 4) is 5.69 Å². The van der Waals surface area contributed by atoms with E-state index in [0.29, 0.717) is 23.5 Å². The van der Waals surface area contributed by atoms with Gasteiger partial charge < -0.3 is 10.0 Å². The number of aromatic nitrogens is 4. The van der Waals surface area contributed by atoms with Crippen LogP contribution in [0.15, 0.2) is 41.3 Å². The first kappa shape index (κ1) is 14.9. The highest BCUT2D eigenvalue weighted by atomic mass is 16.3. The molecule has 4 rings (SSSR count). The Morgan fingerprint density at radius 3 is 2.92 bits per heavy atom. The third-order valence-electron chi connectivity index (χ3n) is 4.50. The lowest BCUT2D eigenvalue weighted by atomic mass is 9.99. The molecule has 2 N–H and O–H groups in total. The van der Waals surface area contributed by atoms with Crippen molar-refractivity contribution in [1.82, 2.24) is 19.7 Å². The van der Waals surface area contributed by atoms with Gasteiger partial charge in [-0.3, -0.25) is 9.78 Å². The number of aliphatic hydroxyl groups excluding tert-OH is 1. The number of nitrogens with zero attached hydrogens (tertiary/aromatic N) is 4. The van der Waals surface area contributed by atoms with Gasteiger partial charge in [-0.05, 0) is 30.9 Å². The molecule has 0 aliphatic carbocycles. The van der Waals surface area contributed by atoms with E-state index >= 15 is 0 Å². The fraction of sp³-hybridized carbons (Fsp3) is 0.353. The highest BCUT2D eigenvalue weighted by Crippen LogP contribution is 2.21. The average Bonchev–Trinajstić information content (AvgIpc) is 3.07. The topological polar surface area (TPSA) is 87.0 Å². The summed E-state index contributed by atoms with van der Waals surface area (Å²) in [7, 11) is 0. The van der Waals surface area contributed by atoms with Gasteiger partial charge in [-0.1, -0.05) is 18.2 Å². The van der Waals surface area contributed by atoms with Crippen molar-refractivity contribution in [3.05, 3.63) is 46.9 Å². The van der Waals surface area contributed by atoms with Gasteiger partial charge in [-0.25, -0.2) is 4.68 Å². The molecule has 7 heteroatoms. The molecule has 1 saturated heterocycles. The Morgan fingerprint density at radius 2 is 2.12 bits per heavy atom. The zero-order chi connectivity index (χ0) is 16.5. The van der Waals surface area contributed by atoms with Crippen molar-refractivity contribution in [2.24, 2.45) is 5.92 Å². The minimum atomic E-state index is -0.191. The quantitative estimate of drug-likeness (QED) is 0.758. The molecule has 3 heterocycles. The number of benzene rings is 1. The second kappa shape index (κ2) is 6.09. The lowest BCUT2D eigenvalue weighted by molar-refractivity contribution is 0.208. The van der Waals surface area contributed by atoms with E-state index in [2.05, 4.69) is 15.1 Å². The minimum Gasteiger partial charge on any atom is -0.396 e. The Morgan fingerprint density at radius 1 is 1.29 bits per heavy atom. The summed E-state index contributed by atoms with van der Waals surface area (Å²) in [6.45, 7) is 1.68. The van der Waals surface area contributed by atoms with Gasteiger partial charge in [0.15, 0.2) is 5.65 Å². The average molecular weight is 325 g/mol. The maximum Gasteiger partial charge on any atom is 0.263 e. The number of rotatable bonds is 3. The smallest absolute Gasteiger partial charge is 0.263 e. The summed E-state index contributed by atoms with van der Waals surface area (Å²) < 4.78 is 1.68. The molecule has 1 aliphatic rings. The summed E-state index contributed by atoms with van der Waals surface area (Å²) in [5.41, 5.74) is 1.22. The summed E-state index contributed by atoms with van der Waals surface area (Å²) in [5, 5.41) is 14.2. The van der Waals surface area contributed by atoms with Crippen molar-refractivity contribution in [1.29, 1.82) is 0 Å². The van der Waals surface area contributed by atoms with Crippen molar-refractivity contribution in [3.63, 3.8) is 0 Å². The number of fused-ring (bicyclic) bond motifs is 1. The summed E-state index contributed by atoms with van der Waals surface area (Å²) in [5.74, 6) is 0.766. The molecule has 1 aliphatic heterocycles. The fourth-order valence-electron chi connectivity index (χ4n) is 3.22. The molecule has 0 bridgehead atoms. The highest BCUT2D eigenvalue weighted by Gasteiger charge is 2.22. The van der Waals surface area contributed by atoms with Crippen LogP contribution in [-0.4, -0.2) is 44.6 Å². The lowest BCUT2D eigenvalue weighted by Crippen LogP contribution is -2.38. The van der Waals surface area contributed by atoms with Gasteiger partial charge in [-0.15, -0.1) is 0 Å². The number of para-hydroxylation sites is 1. The van der Waals surface area contributed by atoms with Crippen LogP contribution < -0.4 is 10.5 Å². The van der Waals surface area contributed by atoms with Crippen molar-refractivity contribution < 1.29 is 5.11 Å². The first-order chi connectivity index (χ1) is 11.8. The molecule has 0 spiro atoms. The minimum absolute atomic E-state index is 0.158. The summed E-state index contributed by atoms with van der Waals surface area (Å²) in [4.78, 5) is 22.0. The fourth-order valence-corrected chi connectivity index (χ4v) is 3.22. The number of nitrogens with one attached hydrogen (secondary N) is 1. The van der Waals surface area contributed by atoms with Gasteiger partial charge in [0.05, 0.1) is 11.9 Å². The molecular weight excluding hydrogens is 306 g/mol. The van der Waals surface area contributed by atoms with Crippen LogP contribution >= 0.6 is 0 Å². The van der Waals surface area contributed by atoms with Crippen LogP contribution in [0.5, 0.6) is 0 Å². The Bertz CT molecular complexity index is 902. The van der Waals surface area contributed by atoms with Gasteiger partial charge in [-0.2, -0.15) is 10.1 Å². The zero-order valence-electron chi connectivity index (χ0n) is 13.2. The third kappa shape index (κ3) is 2.56. The predicted octanol–water partition coefficient (Wildman–Crippen LogP) is 1.32. The molecular formula is C17H19N5O2. The standard InChI is InChI=1S/C17H19N5O2/c23-11-12-5-4-8-21(10-12)17-19-15-14(16(24)20-17)9-18-22(15)13-6-2-1-3-7-13/h1-3,6-7,9,12,23H,4-5,8,10-11H2,(H,19,20,24)/t12-/m0/s1. The molecule has 0 amide bonds. The maximum absolute atomic E-state index is 12.4. The number of anilines is 1. The number of aliphatic hydroxyl groups is 1. The molecule has 0 saturated carbocycles. The van der Waals surface area contributed by atoms with E-state index in [9.17, 15) is 9.90 Å². The molecule has 0 radical (unpaired) electrons. The third-order valence-corrected chi connectivity index (χ3v) is 4.50. The van der Waals surface area contributed by atoms with E-state index in [0.717, 1.165) is 25.1 Å². The zero-order valence-corrected chi connectivity index (χ0v) is 13.2. The normalized spacial score (nSPS) is 18.2. The van der Waals surface area contributed by atoms with E-state index in [1.165, 1.54) is 0 Å². The number of hydrogen-bond acceptors (Lipinski definition) is 5. The van der Waals surface area contributed by atoms with E-state index < -0.39 is 0 Å². The van der Waals surface area contributed by atoms with Crippen LogP contribution in [0.4, 0.5) is 5.95 Å². The summed E-state index contributed by atoms with van der Waals surface area (Å²) >= 11 is 0. The molecule has 24 heavy (non-hydrogen) atoms. The van der Waals surface area contributed by atoms with Crippen LogP contribution in [-0.2, 0) is 0 Å².